The number of hydrogen-bond acceptors (Lipinski definition) is 8. The van der Waals surface area contributed by atoms with Crippen LogP contribution < -0.4 is 10.6 Å². The molecule has 1 heterocycles. The smallest absolute Gasteiger partial charge is 0.224 e. The van der Waals surface area contributed by atoms with Gasteiger partial charge in [-0.1, -0.05) is 30.0 Å². The van der Waals surface area contributed by atoms with Crippen molar-refractivity contribution < 1.29 is 14.3 Å². The highest BCUT2D eigenvalue weighted by molar-refractivity contribution is 8.02. The van der Waals surface area contributed by atoms with E-state index in [1.807, 2.05) is 20.8 Å². The summed E-state index contributed by atoms with van der Waals surface area (Å²) in [6, 6.07) is 7.00. The summed E-state index contributed by atoms with van der Waals surface area (Å²) < 4.78 is 6.05. The van der Waals surface area contributed by atoms with Crippen molar-refractivity contribution in [1.82, 2.24) is 10.2 Å². The first kappa shape index (κ1) is 23.3. The van der Waals surface area contributed by atoms with Gasteiger partial charge in [0.1, 0.15) is 0 Å². The number of nitrogens with zero attached hydrogens (tertiary/aromatic N) is 2. The summed E-state index contributed by atoms with van der Waals surface area (Å²) in [4.78, 5) is 24.3. The predicted molar refractivity (Wildman–Crippen MR) is 119 cm³/mol. The maximum absolute atomic E-state index is 12.7. The first-order valence-corrected chi connectivity index (χ1v) is 11.5. The minimum Gasteiger partial charge on any atom is -0.382 e. The highest BCUT2D eigenvalue weighted by Gasteiger charge is 2.19. The molecule has 0 radical (unpaired) electrons. The van der Waals surface area contributed by atoms with E-state index in [0.717, 1.165) is 42.1 Å². The minimum atomic E-state index is -0.283. The monoisotopic (exact) mass is 436 g/mol. The van der Waals surface area contributed by atoms with E-state index >= 15 is 0 Å². The third kappa shape index (κ3) is 8.12. The first-order valence-electron chi connectivity index (χ1n) is 9.79. The van der Waals surface area contributed by atoms with Gasteiger partial charge in [-0.05, 0) is 51.0 Å². The standard InChI is InChI=1S/C20H28N4O3S2/c1-4-7-17(25)22-16-10-8-15(9-11-16)18(26)14(3)28-20-24-23-19(29-20)21-12-6-13-27-5-2/h8-11,14H,4-7,12-13H2,1-3H3,(H,21,23)(H,22,25)/t14-/m1/s1. The highest BCUT2D eigenvalue weighted by atomic mass is 32.2. The van der Waals surface area contributed by atoms with Crippen LogP contribution in [0.15, 0.2) is 28.6 Å². The van der Waals surface area contributed by atoms with Crippen LogP contribution in [0.4, 0.5) is 10.8 Å². The minimum absolute atomic E-state index is 0.0165. The Labute approximate surface area is 180 Å². The van der Waals surface area contributed by atoms with E-state index in [2.05, 4.69) is 20.8 Å². The number of Topliss-reactive ketones (excluding diaryl/α,β-unsaturated/α-hetero) is 1. The van der Waals surface area contributed by atoms with E-state index in [9.17, 15) is 9.59 Å². The van der Waals surface area contributed by atoms with Gasteiger partial charge in [0.15, 0.2) is 10.1 Å². The fourth-order valence-corrected chi connectivity index (χ4v) is 4.45. The molecule has 2 aromatic rings. The molecule has 0 aliphatic carbocycles. The first-order chi connectivity index (χ1) is 14.0. The zero-order valence-corrected chi connectivity index (χ0v) is 18.7. The topological polar surface area (TPSA) is 93.2 Å². The quantitative estimate of drug-likeness (QED) is 0.272. The Bertz CT molecular complexity index is 780. The van der Waals surface area contributed by atoms with Crippen LogP contribution in [0.2, 0.25) is 0 Å². The largest absolute Gasteiger partial charge is 0.382 e. The SMILES string of the molecule is CCCC(=O)Nc1ccc(C(=O)[C@@H](C)Sc2nnc(NCCCOCC)s2)cc1. The number of nitrogens with one attached hydrogen (secondary N) is 2. The molecule has 0 spiro atoms. The molecule has 9 heteroatoms. The Balaban J connectivity index is 1.83. The number of aromatic nitrogens is 2. The van der Waals surface area contributed by atoms with Crippen LogP contribution >= 0.6 is 23.1 Å². The molecular formula is C20H28N4O3S2. The summed E-state index contributed by atoms with van der Waals surface area (Å²) in [7, 11) is 0. The lowest BCUT2D eigenvalue weighted by Gasteiger charge is -2.09. The Hall–Kier alpha value is -1.97. The van der Waals surface area contributed by atoms with Crippen molar-refractivity contribution in [1.29, 1.82) is 0 Å². The van der Waals surface area contributed by atoms with Crippen molar-refractivity contribution in [2.45, 2.75) is 49.6 Å². The molecule has 0 aliphatic heterocycles. The Morgan fingerprint density at radius 1 is 1.21 bits per heavy atom. The zero-order chi connectivity index (χ0) is 21.1. The maximum atomic E-state index is 12.7. The molecule has 2 rings (SSSR count). The van der Waals surface area contributed by atoms with Gasteiger partial charge in [0.2, 0.25) is 11.0 Å². The maximum Gasteiger partial charge on any atom is 0.224 e. The molecule has 29 heavy (non-hydrogen) atoms. The molecule has 0 saturated heterocycles. The molecule has 1 aromatic heterocycles. The molecule has 0 saturated carbocycles. The van der Waals surface area contributed by atoms with Crippen molar-refractivity contribution in [3.63, 3.8) is 0 Å². The van der Waals surface area contributed by atoms with Crippen LogP contribution in [0.3, 0.4) is 0 Å². The number of benzene rings is 1. The van der Waals surface area contributed by atoms with Gasteiger partial charge in [-0.2, -0.15) is 0 Å². The number of thioether (sulfide) groups is 1. The summed E-state index contributed by atoms with van der Waals surface area (Å²) >= 11 is 2.84. The Kier molecular flexibility index (Phi) is 10.1. The molecule has 2 N–H and O–H groups in total. The lowest BCUT2D eigenvalue weighted by Crippen LogP contribution is -2.14. The van der Waals surface area contributed by atoms with Gasteiger partial charge in [0, 0.05) is 37.4 Å². The van der Waals surface area contributed by atoms with E-state index in [4.69, 9.17) is 4.74 Å². The van der Waals surface area contributed by atoms with Gasteiger partial charge in [0.25, 0.3) is 0 Å². The lowest BCUT2D eigenvalue weighted by atomic mass is 10.1. The van der Waals surface area contributed by atoms with E-state index in [1.54, 1.807) is 24.3 Å². The average Bonchev–Trinajstić information content (AvgIpc) is 3.15. The Morgan fingerprint density at radius 2 is 1.97 bits per heavy atom. The predicted octanol–water partition coefficient (Wildman–Crippen LogP) is 4.48. The average molecular weight is 437 g/mol. The number of hydrogen-bond donors (Lipinski definition) is 2. The summed E-state index contributed by atoms with van der Waals surface area (Å²) in [6.45, 7) is 8.01. The summed E-state index contributed by atoms with van der Waals surface area (Å²) in [6.07, 6.45) is 2.19. The number of rotatable bonds is 13. The third-order valence-electron chi connectivity index (χ3n) is 3.93. The van der Waals surface area contributed by atoms with Crippen LogP contribution in [-0.2, 0) is 9.53 Å². The number of ether oxygens (including phenoxy) is 1. The molecule has 0 unspecified atom stereocenters. The number of carbonyl (C=O) groups is 2. The number of carbonyl (C=O) groups excluding carboxylic acids is 2. The van der Waals surface area contributed by atoms with Crippen molar-refractivity contribution in [2.24, 2.45) is 0 Å². The van der Waals surface area contributed by atoms with Gasteiger partial charge in [-0.25, -0.2) is 0 Å². The summed E-state index contributed by atoms with van der Waals surface area (Å²) in [5.74, 6) is -0.00284. The van der Waals surface area contributed by atoms with Crippen LogP contribution in [-0.4, -0.2) is 46.9 Å². The second kappa shape index (κ2) is 12.6. The molecule has 1 atom stereocenters. The highest BCUT2D eigenvalue weighted by Crippen LogP contribution is 2.30. The van der Waals surface area contributed by atoms with E-state index < -0.39 is 0 Å². The second-order valence-corrected chi connectivity index (χ2v) is 8.92. The second-order valence-electron chi connectivity index (χ2n) is 6.35. The summed E-state index contributed by atoms with van der Waals surface area (Å²) in [5, 5.41) is 14.8. The van der Waals surface area contributed by atoms with E-state index in [-0.39, 0.29) is 16.9 Å². The van der Waals surface area contributed by atoms with Crippen LogP contribution in [0, 0.1) is 0 Å². The van der Waals surface area contributed by atoms with Crippen LogP contribution in [0.5, 0.6) is 0 Å². The number of ketones is 1. The Morgan fingerprint density at radius 3 is 2.66 bits per heavy atom. The molecule has 158 valence electrons. The molecule has 7 nitrogen and oxygen atoms in total. The van der Waals surface area contributed by atoms with Crippen LogP contribution in [0.25, 0.3) is 0 Å². The third-order valence-corrected chi connectivity index (χ3v) is 5.99. The number of amides is 1. The zero-order valence-electron chi connectivity index (χ0n) is 17.1. The van der Waals surface area contributed by atoms with Gasteiger partial charge in [-0.15, -0.1) is 10.2 Å². The van der Waals surface area contributed by atoms with E-state index in [0.29, 0.717) is 17.7 Å². The van der Waals surface area contributed by atoms with E-state index in [1.165, 1.54) is 23.1 Å². The lowest BCUT2D eigenvalue weighted by molar-refractivity contribution is -0.116. The van der Waals surface area contributed by atoms with Crippen molar-refractivity contribution in [3.8, 4) is 0 Å². The fourth-order valence-electron chi connectivity index (χ4n) is 2.45. The van der Waals surface area contributed by atoms with Crippen molar-refractivity contribution >= 4 is 45.6 Å². The van der Waals surface area contributed by atoms with Gasteiger partial charge < -0.3 is 15.4 Å². The molecule has 0 bridgehead atoms. The fraction of sp³-hybridized carbons (Fsp3) is 0.500. The van der Waals surface area contributed by atoms with Gasteiger partial charge in [0.05, 0.1) is 5.25 Å². The van der Waals surface area contributed by atoms with Gasteiger partial charge >= 0.3 is 0 Å². The molecule has 1 amide bonds. The molecule has 0 fully saturated rings. The van der Waals surface area contributed by atoms with Crippen LogP contribution in [0.1, 0.15) is 50.4 Å². The normalized spacial score (nSPS) is 11.8. The molecule has 1 aromatic carbocycles. The summed E-state index contributed by atoms with van der Waals surface area (Å²) in [5.41, 5.74) is 1.31. The molecular weight excluding hydrogens is 408 g/mol. The number of anilines is 2. The van der Waals surface area contributed by atoms with Gasteiger partial charge in [-0.3, -0.25) is 9.59 Å². The van der Waals surface area contributed by atoms with Crippen molar-refractivity contribution in [2.75, 3.05) is 30.4 Å². The van der Waals surface area contributed by atoms with Crippen molar-refractivity contribution in [3.05, 3.63) is 29.8 Å². The molecule has 0 aliphatic rings.